The fourth-order valence-electron chi connectivity index (χ4n) is 3.68. The van der Waals surface area contributed by atoms with Gasteiger partial charge < -0.3 is 14.0 Å². The van der Waals surface area contributed by atoms with Crippen LogP contribution >= 0.6 is 0 Å². The number of nitrogens with zero attached hydrogens (tertiary/aromatic N) is 3. The number of aryl methyl sites for hydroxylation is 2. The molecule has 0 aliphatic carbocycles. The lowest BCUT2D eigenvalue weighted by Gasteiger charge is -2.05. The van der Waals surface area contributed by atoms with Crippen LogP contribution < -0.4 is 4.74 Å². The number of ether oxygens (including phenoxy) is 2. The molecule has 0 amide bonds. The number of para-hydroxylation sites is 1. The molecule has 2 heterocycles. The Morgan fingerprint density at radius 3 is 2.62 bits per heavy atom. The molecule has 174 valence electrons. The number of rotatable bonds is 8. The molecule has 0 spiro atoms. The highest BCUT2D eigenvalue weighted by atomic mass is 16.5. The minimum Gasteiger partial charge on any atom is -0.496 e. The summed E-state index contributed by atoms with van der Waals surface area (Å²) in [4.78, 5) is 12.3. The third kappa shape index (κ3) is 5.26. The Labute approximate surface area is 198 Å². The molecule has 4 rings (SSSR count). The summed E-state index contributed by atoms with van der Waals surface area (Å²) in [5.74, 6) is 0.664. The maximum absolute atomic E-state index is 12.3. The van der Waals surface area contributed by atoms with E-state index in [1.807, 2.05) is 42.8 Å². The van der Waals surface area contributed by atoms with Gasteiger partial charge in [0.05, 0.1) is 19.3 Å². The van der Waals surface area contributed by atoms with Crippen LogP contribution in [-0.2, 0) is 22.7 Å². The maximum atomic E-state index is 12.3. The van der Waals surface area contributed by atoms with E-state index in [2.05, 4.69) is 41.4 Å². The molecule has 2 aromatic carbocycles. The molecule has 0 fully saturated rings. The normalized spacial score (nSPS) is 11.2. The van der Waals surface area contributed by atoms with Crippen molar-refractivity contribution >= 4 is 12.0 Å². The lowest BCUT2D eigenvalue weighted by Crippen LogP contribution is -2.04. The number of carbonyl (C=O) groups is 1. The first-order chi connectivity index (χ1) is 16.4. The summed E-state index contributed by atoms with van der Waals surface area (Å²) in [7, 11) is 1.60. The lowest BCUT2D eigenvalue weighted by atomic mass is 10.1. The van der Waals surface area contributed by atoms with Crippen molar-refractivity contribution in [3.8, 4) is 17.0 Å². The van der Waals surface area contributed by atoms with E-state index in [0.717, 1.165) is 22.5 Å². The Balaban J connectivity index is 1.38. The number of esters is 1. The number of hydrogen-bond acceptors (Lipinski definition) is 6. The second-order valence-corrected chi connectivity index (χ2v) is 8.05. The molecule has 0 saturated heterocycles. The summed E-state index contributed by atoms with van der Waals surface area (Å²) in [5, 5.41) is 8.68. The first-order valence-electron chi connectivity index (χ1n) is 11.0. The van der Waals surface area contributed by atoms with Gasteiger partial charge in [-0.3, -0.25) is 4.68 Å². The zero-order valence-electron chi connectivity index (χ0n) is 19.7. The molecule has 0 aliphatic heterocycles. The average molecular weight is 458 g/mol. The van der Waals surface area contributed by atoms with Gasteiger partial charge in [-0.2, -0.15) is 5.10 Å². The van der Waals surface area contributed by atoms with E-state index in [-0.39, 0.29) is 6.61 Å². The topological polar surface area (TPSA) is 79.4 Å². The van der Waals surface area contributed by atoms with E-state index in [4.69, 9.17) is 14.0 Å². The molecule has 4 aromatic rings. The summed E-state index contributed by atoms with van der Waals surface area (Å²) in [5.41, 5.74) is 6.56. The quantitative estimate of drug-likeness (QED) is 0.265. The van der Waals surface area contributed by atoms with Crippen molar-refractivity contribution in [1.29, 1.82) is 0 Å². The van der Waals surface area contributed by atoms with Gasteiger partial charge in [-0.25, -0.2) is 4.79 Å². The zero-order valence-corrected chi connectivity index (χ0v) is 19.7. The van der Waals surface area contributed by atoms with Crippen LogP contribution in [-0.4, -0.2) is 28.0 Å². The van der Waals surface area contributed by atoms with Gasteiger partial charge in [-0.15, -0.1) is 0 Å². The standard InChI is InChI=1S/C27H27N3O4/c1-18-9-11-21(12-10-18)16-30-20(3)23(19(2)28-30)13-14-27(31)33-17-22-15-25(29-34-22)24-7-5-6-8-26(24)32-4/h5-15H,16-17H2,1-4H3/b14-13+. The van der Waals surface area contributed by atoms with Gasteiger partial charge in [0.2, 0.25) is 0 Å². The third-order valence-electron chi connectivity index (χ3n) is 5.58. The van der Waals surface area contributed by atoms with Gasteiger partial charge in [0.15, 0.2) is 12.4 Å². The molecule has 0 saturated carbocycles. The Hall–Kier alpha value is -4.13. The molecule has 7 nitrogen and oxygen atoms in total. The molecule has 0 radical (unpaired) electrons. The number of benzene rings is 2. The maximum Gasteiger partial charge on any atom is 0.331 e. The van der Waals surface area contributed by atoms with Crippen LogP contribution in [0.5, 0.6) is 5.75 Å². The Kier molecular flexibility index (Phi) is 6.92. The predicted octanol–water partition coefficient (Wildman–Crippen LogP) is 5.28. The van der Waals surface area contributed by atoms with Crippen molar-refractivity contribution in [2.75, 3.05) is 7.11 Å². The van der Waals surface area contributed by atoms with Gasteiger partial charge >= 0.3 is 5.97 Å². The van der Waals surface area contributed by atoms with Crippen LogP contribution in [0.1, 0.15) is 33.8 Å². The van der Waals surface area contributed by atoms with Crippen molar-refractivity contribution in [3.05, 3.63) is 94.5 Å². The zero-order chi connectivity index (χ0) is 24.1. The highest BCUT2D eigenvalue weighted by Crippen LogP contribution is 2.29. The SMILES string of the molecule is COc1ccccc1-c1cc(COC(=O)/C=C/c2c(C)nn(Cc3ccc(C)cc3)c2C)on1. The van der Waals surface area contributed by atoms with E-state index < -0.39 is 5.97 Å². The van der Waals surface area contributed by atoms with Crippen LogP contribution in [0.2, 0.25) is 0 Å². The van der Waals surface area contributed by atoms with Gasteiger partial charge in [-0.05, 0) is 44.5 Å². The first-order valence-corrected chi connectivity index (χ1v) is 11.0. The molecule has 0 aliphatic rings. The summed E-state index contributed by atoms with van der Waals surface area (Å²) in [6.07, 6.45) is 3.15. The number of methoxy groups -OCH3 is 1. The van der Waals surface area contributed by atoms with E-state index in [0.29, 0.717) is 23.7 Å². The van der Waals surface area contributed by atoms with Gasteiger partial charge in [0.25, 0.3) is 0 Å². The third-order valence-corrected chi connectivity index (χ3v) is 5.58. The second-order valence-electron chi connectivity index (χ2n) is 8.05. The van der Waals surface area contributed by atoms with Crippen LogP contribution in [0.15, 0.2) is 65.2 Å². The largest absolute Gasteiger partial charge is 0.496 e. The first kappa shape index (κ1) is 23.0. The highest BCUT2D eigenvalue weighted by molar-refractivity contribution is 5.87. The average Bonchev–Trinajstić information content (AvgIpc) is 3.42. The van der Waals surface area contributed by atoms with Gasteiger partial charge in [-0.1, -0.05) is 47.1 Å². The van der Waals surface area contributed by atoms with E-state index in [1.54, 1.807) is 19.3 Å². The van der Waals surface area contributed by atoms with Crippen molar-refractivity contribution < 1.29 is 18.8 Å². The minimum absolute atomic E-state index is 0.0179. The minimum atomic E-state index is -0.472. The summed E-state index contributed by atoms with van der Waals surface area (Å²) in [6.45, 7) is 6.64. The Morgan fingerprint density at radius 1 is 1.09 bits per heavy atom. The van der Waals surface area contributed by atoms with Crippen LogP contribution in [0.3, 0.4) is 0 Å². The second kappa shape index (κ2) is 10.2. The van der Waals surface area contributed by atoms with Gasteiger partial charge in [0, 0.05) is 29.0 Å². The Morgan fingerprint density at radius 2 is 1.85 bits per heavy atom. The molecule has 0 N–H and O–H groups in total. The van der Waals surface area contributed by atoms with Crippen LogP contribution in [0, 0.1) is 20.8 Å². The van der Waals surface area contributed by atoms with Crippen molar-refractivity contribution in [1.82, 2.24) is 14.9 Å². The molecular weight excluding hydrogens is 430 g/mol. The fraction of sp³-hybridized carbons (Fsp3) is 0.222. The van der Waals surface area contributed by atoms with Crippen molar-refractivity contribution in [2.24, 2.45) is 0 Å². The molecule has 0 bridgehead atoms. The summed E-state index contributed by atoms with van der Waals surface area (Å²) >= 11 is 0. The molecular formula is C27H27N3O4. The summed E-state index contributed by atoms with van der Waals surface area (Å²) < 4.78 is 17.9. The van der Waals surface area contributed by atoms with E-state index in [1.165, 1.54) is 17.2 Å². The van der Waals surface area contributed by atoms with Gasteiger partial charge in [0.1, 0.15) is 11.4 Å². The molecule has 0 atom stereocenters. The van der Waals surface area contributed by atoms with Crippen LogP contribution in [0.25, 0.3) is 17.3 Å². The van der Waals surface area contributed by atoms with Crippen molar-refractivity contribution in [2.45, 2.75) is 33.9 Å². The molecule has 2 aromatic heterocycles. The number of aromatic nitrogens is 3. The van der Waals surface area contributed by atoms with Crippen molar-refractivity contribution in [3.63, 3.8) is 0 Å². The van der Waals surface area contributed by atoms with E-state index in [9.17, 15) is 4.79 Å². The fourth-order valence-corrected chi connectivity index (χ4v) is 3.68. The lowest BCUT2D eigenvalue weighted by molar-refractivity contribution is -0.139. The predicted molar refractivity (Wildman–Crippen MR) is 129 cm³/mol. The van der Waals surface area contributed by atoms with E-state index >= 15 is 0 Å². The smallest absolute Gasteiger partial charge is 0.331 e. The molecule has 7 heteroatoms. The van der Waals surface area contributed by atoms with Crippen LogP contribution in [0.4, 0.5) is 0 Å². The summed E-state index contributed by atoms with van der Waals surface area (Å²) in [6, 6.07) is 17.6. The number of carbonyl (C=O) groups excluding carboxylic acids is 1. The highest BCUT2D eigenvalue weighted by Gasteiger charge is 2.13. The number of hydrogen-bond donors (Lipinski definition) is 0. The molecule has 34 heavy (non-hydrogen) atoms. The monoisotopic (exact) mass is 457 g/mol. The molecule has 0 unspecified atom stereocenters. The Bertz CT molecular complexity index is 1320.